The molecule has 1 atom stereocenters. The molecular formula is C31H39N7O7. The molecule has 0 unspecified atom stereocenters. The van der Waals surface area contributed by atoms with Gasteiger partial charge in [0.2, 0.25) is 5.95 Å². The predicted molar refractivity (Wildman–Crippen MR) is 168 cm³/mol. The second kappa shape index (κ2) is 13.7. The van der Waals surface area contributed by atoms with Gasteiger partial charge in [0, 0.05) is 33.2 Å². The number of rotatable bonds is 9. The molecule has 2 N–H and O–H groups in total. The van der Waals surface area contributed by atoms with Crippen LogP contribution in [-0.4, -0.2) is 74.9 Å². The number of ketones is 1. The molecule has 0 bridgehead atoms. The number of imidazole rings is 1. The lowest BCUT2D eigenvalue weighted by Gasteiger charge is -2.34. The van der Waals surface area contributed by atoms with Crippen LogP contribution in [0.5, 0.6) is 5.75 Å². The fourth-order valence-electron chi connectivity index (χ4n) is 5.07. The Balaban J connectivity index is 1.71. The van der Waals surface area contributed by atoms with Crippen molar-refractivity contribution >= 4 is 34.9 Å². The Morgan fingerprint density at radius 3 is 2.56 bits per heavy atom. The van der Waals surface area contributed by atoms with Crippen LogP contribution in [0.25, 0.3) is 11.2 Å². The van der Waals surface area contributed by atoms with Crippen molar-refractivity contribution in [3.05, 3.63) is 50.7 Å². The summed E-state index contributed by atoms with van der Waals surface area (Å²) in [5.41, 5.74) is -1.66. The zero-order chi connectivity index (χ0) is 32.9. The molecule has 14 heteroatoms. The van der Waals surface area contributed by atoms with Crippen molar-refractivity contribution in [2.75, 3.05) is 31.6 Å². The van der Waals surface area contributed by atoms with Gasteiger partial charge in [-0.15, -0.1) is 5.92 Å². The van der Waals surface area contributed by atoms with E-state index < -0.39 is 35.3 Å². The van der Waals surface area contributed by atoms with Gasteiger partial charge in [0.15, 0.2) is 23.6 Å². The number of Topliss-reactive ketones (excluding diaryl/α,β-unsaturated/α-hetero) is 1. The molecule has 14 nitrogen and oxygen atoms in total. The van der Waals surface area contributed by atoms with E-state index in [9.17, 15) is 24.0 Å². The maximum absolute atomic E-state index is 13.9. The first kappa shape index (κ1) is 32.8. The Labute approximate surface area is 260 Å². The van der Waals surface area contributed by atoms with Gasteiger partial charge >= 0.3 is 11.8 Å². The standard InChI is InChI=1S/C31H39N7O7/c1-7-8-16-37-25-26(34-28(37)36-15-11-12-20(17-36)33-29(42)45-31(2,3)4)35(6)30(43)38(27(25)41)18-22(39)21-13-9-10-14-23(21)44-19-24(40)32-5/h9-10,13-14,20H,11-12,15-19H2,1-6H3,(H,32,40)(H,33,42)/t20-/m0/s1. The zero-order valence-electron chi connectivity index (χ0n) is 26.4. The van der Waals surface area contributed by atoms with E-state index in [0.717, 1.165) is 17.4 Å². The second-order valence-corrected chi connectivity index (χ2v) is 11.6. The lowest BCUT2D eigenvalue weighted by atomic mass is 10.1. The van der Waals surface area contributed by atoms with E-state index in [4.69, 9.17) is 14.5 Å². The smallest absolute Gasteiger partial charge is 0.407 e. The molecule has 240 valence electrons. The molecule has 2 aromatic heterocycles. The Hall–Kier alpha value is -5.06. The lowest BCUT2D eigenvalue weighted by Crippen LogP contribution is -2.49. The Morgan fingerprint density at radius 1 is 1.13 bits per heavy atom. The number of anilines is 1. The van der Waals surface area contributed by atoms with Crippen LogP contribution in [0.15, 0.2) is 33.9 Å². The number of hydrogen-bond donors (Lipinski definition) is 2. The van der Waals surface area contributed by atoms with E-state index >= 15 is 0 Å². The summed E-state index contributed by atoms with van der Waals surface area (Å²) < 4.78 is 14.7. The molecule has 1 aromatic carbocycles. The van der Waals surface area contributed by atoms with Crippen LogP contribution >= 0.6 is 0 Å². The van der Waals surface area contributed by atoms with Crippen molar-refractivity contribution in [1.29, 1.82) is 0 Å². The van der Waals surface area contributed by atoms with Crippen LogP contribution in [-0.2, 0) is 29.7 Å². The molecule has 1 aliphatic heterocycles. The van der Waals surface area contributed by atoms with Gasteiger partial charge in [0.05, 0.1) is 18.7 Å². The maximum Gasteiger partial charge on any atom is 0.407 e. The van der Waals surface area contributed by atoms with Gasteiger partial charge in [-0.2, -0.15) is 4.98 Å². The first-order valence-corrected chi connectivity index (χ1v) is 14.6. The number of amides is 2. The van der Waals surface area contributed by atoms with Crippen LogP contribution in [0.2, 0.25) is 0 Å². The van der Waals surface area contributed by atoms with Crippen molar-refractivity contribution < 1.29 is 23.9 Å². The number of benzene rings is 1. The molecule has 45 heavy (non-hydrogen) atoms. The molecule has 0 aliphatic carbocycles. The normalized spacial score (nSPS) is 14.8. The van der Waals surface area contributed by atoms with Gasteiger partial charge in [0.25, 0.3) is 11.5 Å². The minimum atomic E-state index is -0.717. The number of alkyl carbamates (subject to hydrolysis) is 1. The van der Waals surface area contributed by atoms with Crippen molar-refractivity contribution in [3.63, 3.8) is 0 Å². The van der Waals surface area contributed by atoms with Crippen LogP contribution < -0.4 is 31.5 Å². The lowest BCUT2D eigenvalue weighted by molar-refractivity contribution is -0.122. The van der Waals surface area contributed by atoms with E-state index in [1.54, 1.807) is 44.4 Å². The number of nitrogens with zero attached hydrogens (tertiary/aromatic N) is 5. The monoisotopic (exact) mass is 621 g/mol. The Kier molecular flexibility index (Phi) is 10.0. The molecule has 1 aliphatic rings. The highest BCUT2D eigenvalue weighted by atomic mass is 16.6. The average molecular weight is 622 g/mol. The van der Waals surface area contributed by atoms with Crippen molar-refractivity contribution in [1.82, 2.24) is 29.3 Å². The number of carbonyl (C=O) groups is 3. The van der Waals surface area contributed by atoms with E-state index in [-0.39, 0.29) is 47.6 Å². The van der Waals surface area contributed by atoms with Crippen LogP contribution in [0.1, 0.15) is 50.9 Å². The number of likely N-dealkylation sites (N-methyl/N-ethyl adjacent to an activating group) is 1. The van der Waals surface area contributed by atoms with E-state index in [2.05, 4.69) is 22.5 Å². The number of carbonyl (C=O) groups excluding carboxylic acids is 3. The Morgan fingerprint density at radius 2 is 1.87 bits per heavy atom. The van der Waals surface area contributed by atoms with E-state index in [1.165, 1.54) is 30.8 Å². The van der Waals surface area contributed by atoms with Gasteiger partial charge in [-0.1, -0.05) is 18.1 Å². The number of ether oxygens (including phenoxy) is 2. The summed E-state index contributed by atoms with van der Waals surface area (Å²) in [5, 5.41) is 5.36. The van der Waals surface area contributed by atoms with Gasteiger partial charge in [-0.3, -0.25) is 28.1 Å². The third kappa shape index (κ3) is 7.54. The van der Waals surface area contributed by atoms with Crippen LogP contribution in [0.3, 0.4) is 0 Å². The molecule has 0 spiro atoms. The highest BCUT2D eigenvalue weighted by molar-refractivity contribution is 5.98. The fraction of sp³-hybridized carbons (Fsp3) is 0.484. The molecule has 3 heterocycles. The number of aryl methyl sites for hydroxylation is 1. The quantitative estimate of drug-likeness (QED) is 0.266. The summed E-state index contributed by atoms with van der Waals surface area (Å²) in [6.07, 6.45) is 0.949. The highest BCUT2D eigenvalue weighted by Gasteiger charge is 2.29. The number of para-hydroxylation sites is 1. The number of piperidine rings is 1. The van der Waals surface area contributed by atoms with Crippen molar-refractivity contribution in [3.8, 4) is 17.6 Å². The van der Waals surface area contributed by atoms with E-state index in [1.807, 2.05) is 4.90 Å². The minimum Gasteiger partial charge on any atom is -0.483 e. The third-order valence-electron chi connectivity index (χ3n) is 7.18. The minimum absolute atomic E-state index is 0.112. The molecule has 4 rings (SSSR count). The first-order chi connectivity index (χ1) is 21.3. The summed E-state index contributed by atoms with van der Waals surface area (Å²) in [4.78, 5) is 71.6. The average Bonchev–Trinajstić information content (AvgIpc) is 3.38. The van der Waals surface area contributed by atoms with Crippen molar-refractivity contribution in [2.24, 2.45) is 7.05 Å². The van der Waals surface area contributed by atoms with Crippen LogP contribution in [0, 0.1) is 11.8 Å². The van der Waals surface area contributed by atoms with Gasteiger partial charge in [-0.05, 0) is 52.7 Å². The van der Waals surface area contributed by atoms with E-state index in [0.29, 0.717) is 19.0 Å². The molecule has 2 amide bonds. The summed E-state index contributed by atoms with van der Waals surface area (Å²) in [7, 11) is 2.95. The summed E-state index contributed by atoms with van der Waals surface area (Å²) in [6, 6.07) is 6.08. The van der Waals surface area contributed by atoms with Gasteiger partial charge in [-0.25, -0.2) is 9.59 Å². The van der Waals surface area contributed by atoms with Crippen LogP contribution in [0.4, 0.5) is 10.7 Å². The first-order valence-electron chi connectivity index (χ1n) is 14.6. The predicted octanol–water partition coefficient (Wildman–Crippen LogP) is 1.42. The topological polar surface area (TPSA) is 159 Å². The van der Waals surface area contributed by atoms with Gasteiger partial charge < -0.3 is 25.0 Å². The number of hydrogen-bond acceptors (Lipinski definition) is 9. The molecular weight excluding hydrogens is 582 g/mol. The zero-order valence-corrected chi connectivity index (χ0v) is 26.4. The Bertz CT molecular complexity index is 1790. The number of nitrogens with one attached hydrogen (secondary N) is 2. The molecule has 0 saturated carbocycles. The molecule has 3 aromatic rings. The fourth-order valence-corrected chi connectivity index (χ4v) is 5.07. The van der Waals surface area contributed by atoms with Crippen molar-refractivity contribution in [2.45, 2.75) is 65.3 Å². The van der Waals surface area contributed by atoms with Gasteiger partial charge in [0.1, 0.15) is 11.4 Å². The number of fused-ring (bicyclic) bond motifs is 1. The largest absolute Gasteiger partial charge is 0.483 e. The number of aromatic nitrogens is 4. The summed E-state index contributed by atoms with van der Waals surface area (Å²) >= 11 is 0. The summed E-state index contributed by atoms with van der Waals surface area (Å²) in [5.74, 6) is 5.46. The SMILES string of the molecule is CC#CCn1c(N2CCC[C@H](NC(=O)OC(C)(C)C)C2)nc2c1c(=O)n(CC(=O)c1ccccc1OCC(=O)NC)c(=O)n2C. The summed E-state index contributed by atoms with van der Waals surface area (Å²) in [6.45, 7) is 7.30. The third-order valence-corrected chi connectivity index (χ3v) is 7.18. The highest BCUT2D eigenvalue weighted by Crippen LogP contribution is 2.24. The molecule has 1 fully saturated rings. The molecule has 1 saturated heterocycles. The second-order valence-electron chi connectivity index (χ2n) is 11.6. The maximum atomic E-state index is 13.9. The molecule has 0 radical (unpaired) electrons.